The van der Waals surface area contributed by atoms with E-state index in [0.717, 1.165) is 6.07 Å². The number of nitrogens with zero attached hydrogens (tertiary/aromatic N) is 2. The molecule has 1 aromatic carbocycles. The second kappa shape index (κ2) is 5.44. The van der Waals surface area contributed by atoms with Crippen molar-refractivity contribution in [2.45, 2.75) is 19.6 Å². The topological polar surface area (TPSA) is 37.8 Å². The third kappa shape index (κ3) is 3.43. The van der Waals surface area contributed by atoms with Crippen LogP contribution in [0, 0.1) is 12.7 Å². The van der Waals surface area contributed by atoms with Crippen molar-refractivity contribution < 1.29 is 17.6 Å². The lowest BCUT2D eigenvalue weighted by atomic mass is 10.2. The molecule has 0 saturated heterocycles. The normalized spacial score (nSPS) is 11.4. The van der Waals surface area contributed by atoms with Crippen LogP contribution in [0.4, 0.5) is 23.4 Å². The molecule has 0 aliphatic heterocycles. The van der Waals surface area contributed by atoms with Gasteiger partial charge >= 0.3 is 6.18 Å². The number of hydrogen-bond donors (Lipinski definition) is 1. The van der Waals surface area contributed by atoms with Gasteiger partial charge in [0.1, 0.15) is 23.2 Å². The van der Waals surface area contributed by atoms with Crippen molar-refractivity contribution in [3.63, 3.8) is 0 Å². The number of nitrogens with one attached hydrogen (secondary N) is 1. The molecule has 0 amide bonds. The molecular weight excluding hydrogens is 274 g/mol. The summed E-state index contributed by atoms with van der Waals surface area (Å²) < 4.78 is 51.2. The maximum atomic E-state index is 13.4. The fourth-order valence-electron chi connectivity index (χ4n) is 1.63. The number of hydrogen-bond acceptors (Lipinski definition) is 3. The molecule has 0 bridgehead atoms. The van der Waals surface area contributed by atoms with Crippen molar-refractivity contribution in [3.8, 4) is 0 Å². The fourth-order valence-corrected chi connectivity index (χ4v) is 1.63. The van der Waals surface area contributed by atoms with Crippen molar-refractivity contribution in [3.05, 3.63) is 53.2 Å². The predicted octanol–water partition coefficient (Wildman–Crippen LogP) is 3.56. The first-order valence-electron chi connectivity index (χ1n) is 5.76. The Balaban J connectivity index is 2.18. The first-order chi connectivity index (χ1) is 9.36. The molecule has 0 saturated carbocycles. The van der Waals surface area contributed by atoms with Gasteiger partial charge < -0.3 is 5.32 Å². The van der Waals surface area contributed by atoms with E-state index in [2.05, 4.69) is 15.3 Å². The molecule has 1 N–H and O–H groups in total. The van der Waals surface area contributed by atoms with E-state index >= 15 is 0 Å². The smallest absolute Gasteiger partial charge is 0.366 e. The lowest BCUT2D eigenvalue weighted by molar-refractivity contribution is -0.141. The molecule has 0 radical (unpaired) electrons. The number of alkyl halides is 3. The highest BCUT2D eigenvalue weighted by Gasteiger charge is 2.33. The van der Waals surface area contributed by atoms with Crippen LogP contribution in [0.25, 0.3) is 0 Å². The lowest BCUT2D eigenvalue weighted by Crippen LogP contribution is -2.12. The molecule has 3 nitrogen and oxygen atoms in total. The van der Waals surface area contributed by atoms with Gasteiger partial charge in [0.15, 0.2) is 0 Å². The van der Waals surface area contributed by atoms with Gasteiger partial charge in [0.2, 0.25) is 0 Å². The second-order valence-corrected chi connectivity index (χ2v) is 4.13. The summed E-state index contributed by atoms with van der Waals surface area (Å²) in [6.07, 6.45) is -4.54. The van der Waals surface area contributed by atoms with Crippen molar-refractivity contribution in [2.24, 2.45) is 0 Å². The number of halogens is 4. The summed E-state index contributed by atoms with van der Waals surface area (Å²) in [5, 5.41) is 2.66. The van der Waals surface area contributed by atoms with E-state index in [0.29, 0.717) is 5.56 Å². The third-order valence-electron chi connectivity index (χ3n) is 2.55. The Morgan fingerprint density at radius 1 is 1.15 bits per heavy atom. The number of aryl methyl sites for hydroxylation is 1. The van der Waals surface area contributed by atoms with Gasteiger partial charge in [-0.15, -0.1) is 0 Å². The fraction of sp³-hybridized carbons (Fsp3) is 0.231. The van der Waals surface area contributed by atoms with Crippen LogP contribution < -0.4 is 5.32 Å². The Labute approximate surface area is 112 Å². The molecule has 20 heavy (non-hydrogen) atoms. The molecule has 0 unspecified atom stereocenters. The van der Waals surface area contributed by atoms with Crippen LogP contribution in [0.1, 0.15) is 17.1 Å². The van der Waals surface area contributed by atoms with E-state index in [1.165, 1.54) is 19.1 Å². The van der Waals surface area contributed by atoms with Crippen LogP contribution in [-0.2, 0) is 12.7 Å². The highest BCUT2D eigenvalue weighted by Crippen LogP contribution is 2.28. The third-order valence-corrected chi connectivity index (χ3v) is 2.55. The maximum absolute atomic E-state index is 13.4. The molecule has 0 atom stereocenters. The van der Waals surface area contributed by atoms with Gasteiger partial charge in [0.05, 0.1) is 0 Å². The molecule has 7 heteroatoms. The van der Waals surface area contributed by atoms with Gasteiger partial charge in [-0.1, -0.05) is 18.2 Å². The summed E-state index contributed by atoms with van der Waals surface area (Å²) in [5.41, 5.74) is -0.682. The summed E-state index contributed by atoms with van der Waals surface area (Å²) >= 11 is 0. The Morgan fingerprint density at radius 2 is 1.85 bits per heavy atom. The van der Waals surface area contributed by atoms with Crippen LogP contribution in [0.3, 0.4) is 0 Å². The van der Waals surface area contributed by atoms with E-state index in [-0.39, 0.29) is 18.2 Å². The van der Waals surface area contributed by atoms with Gasteiger partial charge in [0.25, 0.3) is 0 Å². The highest BCUT2D eigenvalue weighted by atomic mass is 19.4. The van der Waals surface area contributed by atoms with Crippen LogP contribution in [0.15, 0.2) is 30.3 Å². The average Bonchev–Trinajstić information content (AvgIpc) is 2.36. The largest absolute Gasteiger partial charge is 0.433 e. The zero-order valence-corrected chi connectivity index (χ0v) is 10.5. The zero-order chi connectivity index (χ0) is 14.8. The summed E-state index contributed by atoms with van der Waals surface area (Å²) in [7, 11) is 0. The standard InChI is InChI=1S/C13H11F4N3/c1-8-19-11(13(15,16)17)6-12(20-8)18-7-9-4-2-3-5-10(9)14/h2-6H,7H2,1H3,(H,18,19,20). The first kappa shape index (κ1) is 14.2. The van der Waals surface area contributed by atoms with E-state index in [4.69, 9.17) is 0 Å². The van der Waals surface area contributed by atoms with Crippen molar-refractivity contribution in [1.82, 2.24) is 9.97 Å². The minimum atomic E-state index is -4.54. The molecule has 0 spiro atoms. The summed E-state index contributed by atoms with van der Waals surface area (Å²) in [5.74, 6) is -0.425. The van der Waals surface area contributed by atoms with Crippen LogP contribution >= 0.6 is 0 Å². The van der Waals surface area contributed by atoms with Crippen molar-refractivity contribution in [2.75, 3.05) is 5.32 Å². The highest BCUT2D eigenvalue weighted by molar-refractivity contribution is 5.38. The van der Waals surface area contributed by atoms with Gasteiger partial charge in [-0.05, 0) is 13.0 Å². The molecular formula is C13H11F4N3. The van der Waals surface area contributed by atoms with E-state index in [1.807, 2.05) is 0 Å². The van der Waals surface area contributed by atoms with Gasteiger partial charge in [-0.25, -0.2) is 14.4 Å². The van der Waals surface area contributed by atoms with Gasteiger partial charge in [-0.2, -0.15) is 13.2 Å². The minimum absolute atomic E-state index is 0.00383. The molecule has 0 aliphatic rings. The van der Waals surface area contributed by atoms with Crippen LogP contribution in [0.2, 0.25) is 0 Å². The quantitative estimate of drug-likeness (QED) is 0.876. The number of aromatic nitrogens is 2. The van der Waals surface area contributed by atoms with Crippen LogP contribution in [0.5, 0.6) is 0 Å². The van der Waals surface area contributed by atoms with E-state index in [1.54, 1.807) is 12.1 Å². The van der Waals surface area contributed by atoms with E-state index in [9.17, 15) is 17.6 Å². The van der Waals surface area contributed by atoms with Crippen molar-refractivity contribution in [1.29, 1.82) is 0 Å². The van der Waals surface area contributed by atoms with Gasteiger partial charge in [-0.3, -0.25) is 0 Å². The molecule has 0 fully saturated rings. The SMILES string of the molecule is Cc1nc(NCc2ccccc2F)cc(C(F)(F)F)n1. The number of anilines is 1. The molecule has 1 heterocycles. The molecule has 106 valence electrons. The monoisotopic (exact) mass is 285 g/mol. The Hall–Kier alpha value is -2.18. The minimum Gasteiger partial charge on any atom is -0.366 e. The Morgan fingerprint density at radius 3 is 2.50 bits per heavy atom. The predicted molar refractivity (Wildman–Crippen MR) is 65.5 cm³/mol. The summed E-state index contributed by atoms with van der Waals surface area (Å²) in [4.78, 5) is 7.17. The number of rotatable bonds is 3. The molecule has 2 rings (SSSR count). The molecule has 2 aromatic rings. The first-order valence-corrected chi connectivity index (χ1v) is 5.76. The van der Waals surface area contributed by atoms with E-state index < -0.39 is 17.7 Å². The zero-order valence-electron chi connectivity index (χ0n) is 10.5. The maximum Gasteiger partial charge on any atom is 0.433 e. The second-order valence-electron chi connectivity index (χ2n) is 4.13. The Bertz CT molecular complexity index is 611. The molecule has 1 aromatic heterocycles. The van der Waals surface area contributed by atoms with Crippen LogP contribution in [-0.4, -0.2) is 9.97 Å². The van der Waals surface area contributed by atoms with Gasteiger partial charge in [0, 0.05) is 18.2 Å². The Kier molecular flexibility index (Phi) is 3.87. The average molecular weight is 285 g/mol. The number of benzene rings is 1. The molecule has 0 aliphatic carbocycles. The van der Waals surface area contributed by atoms with Crippen molar-refractivity contribution >= 4 is 5.82 Å². The summed E-state index contributed by atoms with van der Waals surface area (Å²) in [6.45, 7) is 1.41. The summed E-state index contributed by atoms with van der Waals surface area (Å²) in [6, 6.07) is 6.81. The lowest BCUT2D eigenvalue weighted by Gasteiger charge is -2.10.